The minimum atomic E-state index is -3.43. The van der Waals surface area contributed by atoms with E-state index in [1.165, 1.54) is 12.8 Å². The molecular formula is C17H22N4O2S. The molecule has 24 heavy (non-hydrogen) atoms. The maximum atomic E-state index is 12.2. The molecule has 0 amide bonds. The number of anilines is 1. The zero-order valence-corrected chi connectivity index (χ0v) is 14.6. The lowest BCUT2D eigenvalue weighted by Gasteiger charge is -2.16. The summed E-state index contributed by atoms with van der Waals surface area (Å²) in [5.74, 6) is 1.32. The van der Waals surface area contributed by atoms with Crippen LogP contribution in [0, 0.1) is 6.92 Å². The summed E-state index contributed by atoms with van der Waals surface area (Å²) in [6.45, 7) is 4.04. The maximum Gasteiger partial charge on any atom is 0.216 e. The van der Waals surface area contributed by atoms with Crippen LogP contribution < -0.4 is 9.62 Å². The lowest BCUT2D eigenvalue weighted by atomic mass is 10.2. The number of aromatic nitrogens is 2. The van der Waals surface area contributed by atoms with Gasteiger partial charge in [-0.15, -0.1) is 0 Å². The molecule has 1 aromatic carbocycles. The molecule has 7 heteroatoms. The Bertz CT molecular complexity index is 802. The van der Waals surface area contributed by atoms with E-state index in [1.807, 2.05) is 37.3 Å². The first-order valence-corrected chi connectivity index (χ1v) is 9.77. The summed E-state index contributed by atoms with van der Waals surface area (Å²) < 4.78 is 27.1. The van der Waals surface area contributed by atoms with E-state index >= 15 is 0 Å². The van der Waals surface area contributed by atoms with Crippen LogP contribution in [0.1, 0.15) is 29.8 Å². The summed E-state index contributed by atoms with van der Waals surface area (Å²) in [4.78, 5) is 10.8. The van der Waals surface area contributed by atoms with Crippen LogP contribution in [-0.4, -0.2) is 31.5 Å². The monoisotopic (exact) mass is 346 g/mol. The molecule has 1 aliphatic heterocycles. The average molecular weight is 346 g/mol. The van der Waals surface area contributed by atoms with Gasteiger partial charge in [0.15, 0.2) is 0 Å². The fraction of sp³-hybridized carbons (Fsp3) is 0.412. The first-order valence-electron chi connectivity index (χ1n) is 8.12. The van der Waals surface area contributed by atoms with Crippen LogP contribution in [0.4, 0.5) is 5.82 Å². The Morgan fingerprint density at radius 1 is 1.21 bits per heavy atom. The molecule has 128 valence electrons. The Morgan fingerprint density at radius 3 is 2.75 bits per heavy atom. The van der Waals surface area contributed by atoms with E-state index in [9.17, 15) is 8.42 Å². The molecule has 0 unspecified atom stereocenters. The molecule has 0 atom stereocenters. The van der Waals surface area contributed by atoms with Crippen molar-refractivity contribution in [3.8, 4) is 0 Å². The Balaban J connectivity index is 1.63. The molecule has 0 bridgehead atoms. The third-order valence-corrected chi connectivity index (χ3v) is 5.31. The van der Waals surface area contributed by atoms with Gasteiger partial charge >= 0.3 is 0 Å². The number of aryl methyl sites for hydroxylation is 1. The molecule has 2 heterocycles. The zero-order valence-electron chi connectivity index (χ0n) is 13.8. The van der Waals surface area contributed by atoms with Crippen molar-refractivity contribution < 1.29 is 8.42 Å². The van der Waals surface area contributed by atoms with Crippen molar-refractivity contribution in [3.63, 3.8) is 0 Å². The minimum Gasteiger partial charge on any atom is -0.357 e. The van der Waals surface area contributed by atoms with Crippen molar-refractivity contribution in [2.75, 3.05) is 18.0 Å². The first kappa shape index (κ1) is 16.9. The summed E-state index contributed by atoms with van der Waals surface area (Å²) in [6, 6.07) is 9.38. The highest BCUT2D eigenvalue weighted by molar-refractivity contribution is 7.88. The van der Waals surface area contributed by atoms with Crippen LogP contribution in [0.25, 0.3) is 0 Å². The van der Waals surface area contributed by atoms with Gasteiger partial charge in [-0.05, 0) is 31.4 Å². The molecule has 1 aromatic heterocycles. The minimum absolute atomic E-state index is 0.0412. The topological polar surface area (TPSA) is 75.2 Å². The summed E-state index contributed by atoms with van der Waals surface area (Å²) in [5, 5.41) is 0. The van der Waals surface area contributed by atoms with Crippen LogP contribution in [0.15, 0.2) is 36.5 Å². The van der Waals surface area contributed by atoms with Gasteiger partial charge < -0.3 is 4.90 Å². The van der Waals surface area contributed by atoms with E-state index in [1.54, 1.807) is 6.20 Å². The molecule has 0 spiro atoms. The molecule has 0 radical (unpaired) electrons. The lowest BCUT2D eigenvalue weighted by molar-refractivity contribution is 0.578. The third kappa shape index (κ3) is 4.52. The maximum absolute atomic E-state index is 12.2. The van der Waals surface area contributed by atoms with Gasteiger partial charge in [0.2, 0.25) is 10.0 Å². The summed E-state index contributed by atoms with van der Waals surface area (Å²) in [7, 11) is -3.43. The third-order valence-electron chi connectivity index (χ3n) is 4.01. The second-order valence-electron chi connectivity index (χ2n) is 6.09. The highest BCUT2D eigenvalue weighted by Gasteiger charge is 2.15. The standard InChI is InChI=1S/C17H22N4O2S/c1-14-5-4-6-15(11-14)13-24(22,23)19-12-16-18-8-7-17(20-16)21-9-2-3-10-21/h4-8,11,19H,2-3,9-10,12-13H2,1H3. The molecule has 1 aliphatic rings. The van der Waals surface area contributed by atoms with Crippen molar-refractivity contribution in [3.05, 3.63) is 53.5 Å². The quantitative estimate of drug-likeness (QED) is 0.866. The highest BCUT2D eigenvalue weighted by Crippen LogP contribution is 2.17. The number of benzene rings is 1. The van der Waals surface area contributed by atoms with Crippen LogP contribution in [0.2, 0.25) is 0 Å². The Kier molecular flexibility index (Phi) is 5.11. The number of sulfonamides is 1. The van der Waals surface area contributed by atoms with Crippen molar-refractivity contribution in [2.45, 2.75) is 32.1 Å². The normalized spacial score (nSPS) is 15.0. The largest absolute Gasteiger partial charge is 0.357 e. The number of nitrogens with one attached hydrogen (secondary N) is 1. The van der Waals surface area contributed by atoms with E-state index in [0.29, 0.717) is 5.82 Å². The Hall–Kier alpha value is -1.99. The van der Waals surface area contributed by atoms with Gasteiger partial charge in [-0.25, -0.2) is 23.1 Å². The van der Waals surface area contributed by atoms with Crippen molar-refractivity contribution in [1.29, 1.82) is 0 Å². The Labute approximate surface area is 143 Å². The number of nitrogens with zero attached hydrogens (tertiary/aromatic N) is 3. The lowest BCUT2D eigenvalue weighted by Crippen LogP contribution is -2.26. The average Bonchev–Trinajstić information content (AvgIpc) is 3.07. The van der Waals surface area contributed by atoms with Crippen molar-refractivity contribution in [1.82, 2.24) is 14.7 Å². The molecule has 2 aromatic rings. The van der Waals surface area contributed by atoms with Crippen molar-refractivity contribution >= 4 is 15.8 Å². The SMILES string of the molecule is Cc1cccc(CS(=O)(=O)NCc2nccc(N3CCCC3)n2)c1. The van der Waals surface area contributed by atoms with Gasteiger partial charge in [-0.1, -0.05) is 29.8 Å². The summed E-state index contributed by atoms with van der Waals surface area (Å²) in [5.41, 5.74) is 1.82. The van der Waals surface area contributed by atoms with Gasteiger partial charge in [-0.2, -0.15) is 0 Å². The van der Waals surface area contributed by atoms with E-state index in [4.69, 9.17) is 0 Å². The number of hydrogen-bond acceptors (Lipinski definition) is 5. The molecule has 0 saturated carbocycles. The molecule has 1 fully saturated rings. The molecule has 3 rings (SSSR count). The first-order chi connectivity index (χ1) is 11.5. The number of hydrogen-bond donors (Lipinski definition) is 1. The zero-order chi connectivity index (χ0) is 17.0. The van der Waals surface area contributed by atoms with E-state index in [-0.39, 0.29) is 12.3 Å². The highest BCUT2D eigenvalue weighted by atomic mass is 32.2. The molecule has 1 N–H and O–H groups in total. The predicted octanol–water partition coefficient (Wildman–Crippen LogP) is 2.00. The predicted molar refractivity (Wildman–Crippen MR) is 94.1 cm³/mol. The van der Waals surface area contributed by atoms with E-state index in [2.05, 4.69) is 19.6 Å². The Morgan fingerprint density at radius 2 is 2.00 bits per heavy atom. The molecule has 6 nitrogen and oxygen atoms in total. The van der Waals surface area contributed by atoms with Gasteiger partial charge in [0.1, 0.15) is 11.6 Å². The smallest absolute Gasteiger partial charge is 0.216 e. The van der Waals surface area contributed by atoms with Crippen LogP contribution in [-0.2, 0) is 22.3 Å². The van der Waals surface area contributed by atoms with Gasteiger partial charge in [0, 0.05) is 19.3 Å². The molecule has 1 saturated heterocycles. The second kappa shape index (κ2) is 7.27. The summed E-state index contributed by atoms with van der Waals surface area (Å²) >= 11 is 0. The van der Waals surface area contributed by atoms with E-state index in [0.717, 1.165) is 30.0 Å². The van der Waals surface area contributed by atoms with Crippen molar-refractivity contribution in [2.24, 2.45) is 0 Å². The second-order valence-corrected chi connectivity index (χ2v) is 7.90. The fourth-order valence-electron chi connectivity index (χ4n) is 2.84. The van der Waals surface area contributed by atoms with Gasteiger partial charge in [-0.3, -0.25) is 0 Å². The fourth-order valence-corrected chi connectivity index (χ4v) is 3.91. The summed E-state index contributed by atoms with van der Waals surface area (Å²) in [6.07, 6.45) is 4.02. The van der Waals surface area contributed by atoms with Crippen LogP contribution >= 0.6 is 0 Å². The van der Waals surface area contributed by atoms with Crippen LogP contribution in [0.5, 0.6) is 0 Å². The molecule has 0 aliphatic carbocycles. The van der Waals surface area contributed by atoms with Gasteiger partial charge in [0.05, 0.1) is 12.3 Å². The molecular weight excluding hydrogens is 324 g/mol. The van der Waals surface area contributed by atoms with Crippen LogP contribution in [0.3, 0.4) is 0 Å². The van der Waals surface area contributed by atoms with Gasteiger partial charge in [0.25, 0.3) is 0 Å². The number of rotatable bonds is 6. The van der Waals surface area contributed by atoms with E-state index < -0.39 is 10.0 Å².